The van der Waals surface area contributed by atoms with Crippen LogP contribution in [0.3, 0.4) is 0 Å². The van der Waals surface area contributed by atoms with Crippen LogP contribution in [0.5, 0.6) is 0 Å². The fraction of sp³-hybridized carbons (Fsp3) is 0.929. The van der Waals surface area contributed by atoms with Crippen LogP contribution in [-0.2, 0) is 9.84 Å². The monoisotopic (exact) mass is 318 g/mol. The van der Waals surface area contributed by atoms with Crippen molar-refractivity contribution in [1.29, 1.82) is 0 Å². The maximum atomic E-state index is 11.5. The molecule has 0 aromatic rings. The van der Waals surface area contributed by atoms with Crippen LogP contribution >= 0.6 is 0 Å². The van der Waals surface area contributed by atoms with E-state index in [9.17, 15) is 8.42 Å². The molecule has 0 aliphatic carbocycles. The summed E-state index contributed by atoms with van der Waals surface area (Å²) in [6, 6.07) is 0.501. The van der Waals surface area contributed by atoms with Gasteiger partial charge in [0.2, 0.25) is 0 Å². The average molecular weight is 318 g/mol. The van der Waals surface area contributed by atoms with E-state index in [0.717, 1.165) is 25.6 Å². The third-order valence-corrected chi connectivity index (χ3v) is 5.48. The Hall–Kier alpha value is -0.820. The Morgan fingerprint density at radius 1 is 1.38 bits per heavy atom. The van der Waals surface area contributed by atoms with E-state index in [0.29, 0.717) is 19.0 Å². The lowest BCUT2D eigenvalue weighted by Gasteiger charge is -2.24. The maximum absolute atomic E-state index is 11.5. The Bertz CT molecular complexity index is 434. The van der Waals surface area contributed by atoms with Crippen molar-refractivity contribution in [1.82, 2.24) is 15.5 Å². The number of rotatable bonds is 7. The first-order valence-corrected chi connectivity index (χ1v) is 9.69. The van der Waals surface area contributed by atoms with Crippen molar-refractivity contribution in [3.05, 3.63) is 0 Å². The third kappa shape index (κ3) is 6.65. The summed E-state index contributed by atoms with van der Waals surface area (Å²) in [6.07, 6.45) is 0.666. The van der Waals surface area contributed by atoms with Crippen molar-refractivity contribution in [2.45, 2.75) is 46.2 Å². The van der Waals surface area contributed by atoms with Crippen molar-refractivity contribution in [3.8, 4) is 0 Å². The predicted octanol–water partition coefficient (Wildman–Crippen LogP) is 0.459. The Morgan fingerprint density at radius 3 is 2.57 bits per heavy atom. The zero-order valence-corrected chi connectivity index (χ0v) is 14.5. The zero-order valence-electron chi connectivity index (χ0n) is 13.7. The van der Waals surface area contributed by atoms with E-state index in [1.54, 1.807) is 0 Å². The lowest BCUT2D eigenvalue weighted by Crippen LogP contribution is -2.44. The molecular weight excluding hydrogens is 288 g/mol. The molecule has 7 heteroatoms. The van der Waals surface area contributed by atoms with E-state index in [2.05, 4.69) is 41.3 Å². The SMILES string of the molecule is CCNC(=NCCN(CC)C(C)C)NC1CCS(=O)(=O)C1. The van der Waals surface area contributed by atoms with Gasteiger partial charge in [-0.25, -0.2) is 8.42 Å². The molecule has 21 heavy (non-hydrogen) atoms. The van der Waals surface area contributed by atoms with Gasteiger partial charge in [0.15, 0.2) is 15.8 Å². The van der Waals surface area contributed by atoms with Crippen molar-refractivity contribution in [2.75, 3.05) is 37.7 Å². The molecule has 1 aliphatic heterocycles. The lowest BCUT2D eigenvalue weighted by atomic mass is 10.3. The smallest absolute Gasteiger partial charge is 0.191 e. The highest BCUT2D eigenvalue weighted by Gasteiger charge is 2.28. The summed E-state index contributed by atoms with van der Waals surface area (Å²) in [5.74, 6) is 1.21. The molecule has 1 unspecified atom stereocenters. The summed E-state index contributed by atoms with van der Waals surface area (Å²) in [4.78, 5) is 6.91. The van der Waals surface area contributed by atoms with Crippen LogP contribution in [0, 0.1) is 0 Å². The Labute approximate surface area is 129 Å². The summed E-state index contributed by atoms with van der Waals surface area (Å²) in [5.41, 5.74) is 0. The second kappa shape index (κ2) is 8.58. The first-order valence-electron chi connectivity index (χ1n) is 7.87. The van der Waals surface area contributed by atoms with Gasteiger partial charge >= 0.3 is 0 Å². The predicted molar refractivity (Wildman–Crippen MR) is 88.6 cm³/mol. The average Bonchev–Trinajstić information content (AvgIpc) is 2.73. The van der Waals surface area contributed by atoms with Crippen molar-refractivity contribution >= 4 is 15.8 Å². The van der Waals surface area contributed by atoms with Gasteiger partial charge in [-0.15, -0.1) is 0 Å². The van der Waals surface area contributed by atoms with Crippen LogP contribution in [0.25, 0.3) is 0 Å². The minimum Gasteiger partial charge on any atom is -0.357 e. The molecule has 1 heterocycles. The van der Waals surface area contributed by atoms with Gasteiger partial charge in [-0.3, -0.25) is 9.89 Å². The molecule has 2 N–H and O–H groups in total. The van der Waals surface area contributed by atoms with E-state index in [-0.39, 0.29) is 17.5 Å². The minimum atomic E-state index is -2.86. The molecule has 0 aromatic heterocycles. The third-order valence-electron chi connectivity index (χ3n) is 3.71. The van der Waals surface area contributed by atoms with Crippen LogP contribution in [0.1, 0.15) is 34.1 Å². The van der Waals surface area contributed by atoms with E-state index in [1.165, 1.54) is 0 Å². The number of nitrogens with zero attached hydrogens (tertiary/aromatic N) is 2. The standard InChI is InChI=1S/C14H30N4O2S/c1-5-15-14(16-8-9-18(6-2)12(3)4)17-13-7-10-21(19,20)11-13/h12-13H,5-11H2,1-4H3,(H2,15,16,17). The minimum absolute atomic E-state index is 0.0137. The Balaban J connectivity index is 2.50. The first-order chi connectivity index (χ1) is 9.88. The van der Waals surface area contributed by atoms with Gasteiger partial charge in [-0.05, 0) is 33.7 Å². The largest absolute Gasteiger partial charge is 0.357 e. The van der Waals surface area contributed by atoms with Crippen molar-refractivity contribution in [3.63, 3.8) is 0 Å². The van der Waals surface area contributed by atoms with Crippen LogP contribution in [0.15, 0.2) is 4.99 Å². The summed E-state index contributed by atoms with van der Waals surface area (Å²) >= 11 is 0. The number of hydrogen-bond donors (Lipinski definition) is 2. The molecule has 1 atom stereocenters. The molecule has 1 saturated heterocycles. The second-order valence-electron chi connectivity index (χ2n) is 5.73. The topological polar surface area (TPSA) is 73.8 Å². The zero-order chi connectivity index (χ0) is 15.9. The Morgan fingerprint density at radius 2 is 2.10 bits per heavy atom. The molecule has 0 amide bonds. The van der Waals surface area contributed by atoms with Gasteiger partial charge in [-0.2, -0.15) is 0 Å². The van der Waals surface area contributed by atoms with Crippen LogP contribution in [-0.4, -0.2) is 69.0 Å². The highest BCUT2D eigenvalue weighted by Crippen LogP contribution is 2.10. The van der Waals surface area contributed by atoms with Gasteiger partial charge < -0.3 is 10.6 Å². The van der Waals surface area contributed by atoms with Crippen LogP contribution in [0.4, 0.5) is 0 Å². The Kier molecular flexibility index (Phi) is 7.45. The summed E-state index contributed by atoms with van der Waals surface area (Å²) < 4.78 is 23.0. The molecule has 0 bridgehead atoms. The van der Waals surface area contributed by atoms with Gasteiger partial charge in [0.05, 0.1) is 18.1 Å². The summed E-state index contributed by atoms with van der Waals surface area (Å²) in [6.45, 7) is 11.9. The van der Waals surface area contributed by atoms with Gasteiger partial charge in [0, 0.05) is 25.2 Å². The van der Waals surface area contributed by atoms with E-state index >= 15 is 0 Å². The van der Waals surface area contributed by atoms with Gasteiger partial charge in [-0.1, -0.05) is 6.92 Å². The lowest BCUT2D eigenvalue weighted by molar-refractivity contribution is 0.240. The van der Waals surface area contributed by atoms with Crippen molar-refractivity contribution < 1.29 is 8.42 Å². The molecule has 6 nitrogen and oxygen atoms in total. The highest BCUT2D eigenvalue weighted by molar-refractivity contribution is 7.91. The van der Waals surface area contributed by atoms with Gasteiger partial charge in [0.1, 0.15) is 0 Å². The number of sulfone groups is 1. The number of likely N-dealkylation sites (N-methyl/N-ethyl adjacent to an activating group) is 1. The molecular formula is C14H30N4O2S. The molecule has 0 radical (unpaired) electrons. The molecule has 1 aliphatic rings. The quantitative estimate of drug-likeness (QED) is 0.527. The molecule has 1 rings (SSSR count). The number of hydrogen-bond acceptors (Lipinski definition) is 4. The molecule has 124 valence electrons. The van der Waals surface area contributed by atoms with Crippen LogP contribution < -0.4 is 10.6 Å². The number of aliphatic imine (C=N–C) groups is 1. The van der Waals surface area contributed by atoms with E-state index < -0.39 is 9.84 Å². The molecule has 0 spiro atoms. The maximum Gasteiger partial charge on any atom is 0.191 e. The molecule has 1 fully saturated rings. The number of guanidine groups is 1. The van der Waals surface area contributed by atoms with Crippen LogP contribution in [0.2, 0.25) is 0 Å². The second-order valence-corrected chi connectivity index (χ2v) is 7.96. The summed E-state index contributed by atoms with van der Waals surface area (Å²) in [7, 11) is -2.86. The molecule has 0 aromatic carbocycles. The van der Waals surface area contributed by atoms with Crippen molar-refractivity contribution in [2.24, 2.45) is 4.99 Å². The number of nitrogens with one attached hydrogen (secondary N) is 2. The van der Waals surface area contributed by atoms with Gasteiger partial charge in [0.25, 0.3) is 0 Å². The summed E-state index contributed by atoms with van der Waals surface area (Å²) in [5, 5.41) is 6.42. The van der Waals surface area contributed by atoms with E-state index in [4.69, 9.17) is 0 Å². The van der Waals surface area contributed by atoms with E-state index in [1.807, 2.05) is 6.92 Å². The molecule has 0 saturated carbocycles. The highest BCUT2D eigenvalue weighted by atomic mass is 32.2. The fourth-order valence-corrected chi connectivity index (χ4v) is 4.17. The fourth-order valence-electron chi connectivity index (χ4n) is 2.49. The first kappa shape index (κ1) is 18.2. The normalized spacial score (nSPS) is 22.0.